The summed E-state index contributed by atoms with van der Waals surface area (Å²) in [4.78, 5) is 15.5. The van der Waals surface area contributed by atoms with Crippen molar-refractivity contribution in [2.75, 3.05) is 6.61 Å². The molecule has 0 spiro atoms. The highest BCUT2D eigenvalue weighted by Gasteiger charge is 2.09. The lowest BCUT2D eigenvalue weighted by atomic mass is 10.5. The number of aromatic nitrogens is 1. The predicted molar refractivity (Wildman–Crippen MR) is 48.2 cm³/mol. The lowest BCUT2D eigenvalue weighted by Crippen LogP contribution is -2.01. The quantitative estimate of drug-likeness (QED) is 0.672. The smallest absolute Gasteiger partial charge is 0.349 e. The molecule has 4 heteroatoms. The molecule has 64 valence electrons. The molecule has 0 bridgehead atoms. The zero-order valence-corrected chi connectivity index (χ0v) is 7.56. The third-order valence-electron chi connectivity index (χ3n) is 1.17. The van der Waals surface area contributed by atoms with E-state index in [9.17, 15) is 4.79 Å². The minimum atomic E-state index is -0.317. The molecule has 12 heavy (non-hydrogen) atoms. The monoisotopic (exact) mass is 183 g/mol. The van der Waals surface area contributed by atoms with Gasteiger partial charge in [0.2, 0.25) is 0 Å². The van der Waals surface area contributed by atoms with Crippen LogP contribution in [-0.4, -0.2) is 17.6 Å². The number of ether oxygens (including phenoxy) is 1. The molecule has 0 aromatic carbocycles. The summed E-state index contributed by atoms with van der Waals surface area (Å²) in [5, 5.41) is 0.734. The number of esters is 1. The van der Waals surface area contributed by atoms with E-state index >= 15 is 0 Å². The highest BCUT2D eigenvalue weighted by molar-refractivity contribution is 7.14. The molecule has 0 saturated carbocycles. The lowest BCUT2D eigenvalue weighted by molar-refractivity contribution is 0.0532. The maximum absolute atomic E-state index is 11.1. The zero-order valence-electron chi connectivity index (χ0n) is 6.74. The van der Waals surface area contributed by atoms with Crippen LogP contribution in [0.2, 0.25) is 0 Å². The first-order valence-electron chi connectivity index (χ1n) is 3.53. The van der Waals surface area contributed by atoms with Crippen molar-refractivity contribution in [1.82, 2.24) is 4.98 Å². The normalized spacial score (nSPS) is 9.42. The minimum absolute atomic E-state index is 0.317. The molecule has 0 fully saturated rings. The van der Waals surface area contributed by atoms with Gasteiger partial charge in [0.05, 0.1) is 12.8 Å². The number of carbonyl (C=O) groups is 1. The molecule has 1 rings (SSSR count). The Labute approximate surface area is 74.7 Å². The van der Waals surface area contributed by atoms with Crippen LogP contribution in [0.3, 0.4) is 0 Å². The van der Waals surface area contributed by atoms with E-state index in [1.165, 1.54) is 17.5 Å². The maximum atomic E-state index is 11.1. The molecule has 0 amide bonds. The van der Waals surface area contributed by atoms with Gasteiger partial charge < -0.3 is 4.74 Å². The number of carbonyl (C=O) groups excluding carboxylic acids is 1. The zero-order chi connectivity index (χ0) is 8.97. The van der Waals surface area contributed by atoms with Crippen LogP contribution < -0.4 is 0 Å². The summed E-state index contributed by atoms with van der Waals surface area (Å²) < 4.78 is 4.78. The highest BCUT2D eigenvalue weighted by Crippen LogP contribution is 2.14. The van der Waals surface area contributed by atoms with Crippen LogP contribution in [0.1, 0.15) is 21.6 Å². The van der Waals surface area contributed by atoms with Gasteiger partial charge in [-0.05, 0) is 13.0 Å². The summed E-state index contributed by atoms with van der Waals surface area (Å²) in [5.41, 5.74) is 0. The second-order valence-electron chi connectivity index (χ2n) is 1.99. The summed E-state index contributed by atoms with van der Waals surface area (Å²) in [5.74, 6) is -0.317. The largest absolute Gasteiger partial charge is 0.462 e. The van der Waals surface area contributed by atoms with Gasteiger partial charge in [0, 0.05) is 0 Å². The van der Waals surface area contributed by atoms with E-state index in [1.54, 1.807) is 13.0 Å². The molecule has 0 aliphatic carbocycles. The van der Waals surface area contributed by atoms with Gasteiger partial charge in [0.25, 0.3) is 0 Å². The fourth-order valence-electron chi connectivity index (χ4n) is 0.679. The predicted octanol–water partition coefficient (Wildman–Crippen LogP) is 1.96. The average molecular weight is 183 g/mol. The Balaban J connectivity index is 2.74. The Bertz CT molecular complexity index is 293. The van der Waals surface area contributed by atoms with Gasteiger partial charge in [0.1, 0.15) is 9.88 Å². The summed E-state index contributed by atoms with van der Waals surface area (Å²) in [6.45, 7) is 5.71. The van der Waals surface area contributed by atoms with Gasteiger partial charge in [-0.3, -0.25) is 0 Å². The van der Waals surface area contributed by atoms with E-state index in [0.29, 0.717) is 11.5 Å². The Morgan fingerprint density at radius 1 is 1.92 bits per heavy atom. The lowest BCUT2D eigenvalue weighted by Gasteiger charge is -1.95. The molecule has 1 aromatic rings. The van der Waals surface area contributed by atoms with Crippen molar-refractivity contribution < 1.29 is 9.53 Å². The van der Waals surface area contributed by atoms with E-state index in [2.05, 4.69) is 11.6 Å². The van der Waals surface area contributed by atoms with Crippen molar-refractivity contribution in [3.63, 3.8) is 0 Å². The second-order valence-corrected chi connectivity index (χ2v) is 3.05. The van der Waals surface area contributed by atoms with E-state index in [-0.39, 0.29) is 5.97 Å². The third kappa shape index (κ3) is 1.92. The number of nitrogens with zero attached hydrogens (tertiary/aromatic N) is 1. The van der Waals surface area contributed by atoms with Crippen molar-refractivity contribution in [2.45, 2.75) is 6.92 Å². The summed E-state index contributed by atoms with van der Waals surface area (Å²) >= 11 is 1.28. The van der Waals surface area contributed by atoms with Gasteiger partial charge >= 0.3 is 5.97 Å². The molecule has 0 unspecified atom stereocenters. The maximum Gasteiger partial charge on any atom is 0.349 e. The topological polar surface area (TPSA) is 39.2 Å². The fourth-order valence-corrected chi connectivity index (χ4v) is 1.34. The average Bonchev–Trinajstić information content (AvgIpc) is 2.52. The first kappa shape index (κ1) is 8.93. The molecular weight excluding hydrogens is 174 g/mol. The van der Waals surface area contributed by atoms with Crippen molar-refractivity contribution in [3.8, 4) is 0 Å². The highest BCUT2D eigenvalue weighted by atomic mass is 32.1. The molecule has 3 nitrogen and oxygen atoms in total. The first-order valence-corrected chi connectivity index (χ1v) is 4.35. The molecule has 0 aliphatic heterocycles. The van der Waals surface area contributed by atoms with Crippen molar-refractivity contribution in [1.29, 1.82) is 0 Å². The summed E-state index contributed by atoms with van der Waals surface area (Å²) in [6.07, 6.45) is 3.10. The van der Waals surface area contributed by atoms with Crippen LogP contribution in [0.15, 0.2) is 12.8 Å². The van der Waals surface area contributed by atoms with Crippen molar-refractivity contribution in [3.05, 3.63) is 22.7 Å². The SMILES string of the molecule is C=Cc1ncc(C(=O)OCC)s1. The number of hydrogen-bond donors (Lipinski definition) is 0. The van der Waals surface area contributed by atoms with E-state index < -0.39 is 0 Å². The van der Waals surface area contributed by atoms with Crippen LogP contribution >= 0.6 is 11.3 Å². The van der Waals surface area contributed by atoms with Crippen LogP contribution in [0.25, 0.3) is 6.08 Å². The van der Waals surface area contributed by atoms with Crippen LogP contribution in [0, 0.1) is 0 Å². The Morgan fingerprint density at radius 3 is 3.17 bits per heavy atom. The van der Waals surface area contributed by atoms with Crippen molar-refractivity contribution >= 4 is 23.4 Å². The minimum Gasteiger partial charge on any atom is -0.462 e. The first-order chi connectivity index (χ1) is 5.77. The van der Waals surface area contributed by atoms with Gasteiger partial charge in [-0.1, -0.05) is 6.58 Å². The third-order valence-corrected chi connectivity index (χ3v) is 2.15. The van der Waals surface area contributed by atoms with Crippen LogP contribution in [0.4, 0.5) is 0 Å². The second kappa shape index (κ2) is 4.01. The summed E-state index contributed by atoms with van der Waals surface area (Å²) in [7, 11) is 0. The van der Waals surface area contributed by atoms with E-state index in [4.69, 9.17) is 4.74 Å². The molecule has 1 heterocycles. The Morgan fingerprint density at radius 2 is 2.67 bits per heavy atom. The fraction of sp³-hybridized carbons (Fsp3) is 0.250. The Hall–Kier alpha value is -1.16. The standard InChI is InChI=1S/C8H9NO2S/c1-3-7-9-5-6(12-7)8(10)11-4-2/h3,5H,1,4H2,2H3. The Kier molecular flexibility index (Phi) is 2.99. The molecule has 0 saturated heterocycles. The molecular formula is C8H9NO2S. The van der Waals surface area contributed by atoms with Gasteiger partial charge in [-0.25, -0.2) is 9.78 Å². The molecule has 0 N–H and O–H groups in total. The summed E-state index contributed by atoms with van der Waals surface area (Å²) in [6, 6.07) is 0. The molecule has 0 radical (unpaired) electrons. The van der Waals surface area contributed by atoms with Crippen LogP contribution in [0.5, 0.6) is 0 Å². The molecule has 1 aromatic heterocycles. The molecule has 0 aliphatic rings. The molecule has 0 atom stereocenters. The number of rotatable bonds is 3. The van der Waals surface area contributed by atoms with Crippen molar-refractivity contribution in [2.24, 2.45) is 0 Å². The number of thiazole rings is 1. The van der Waals surface area contributed by atoms with Gasteiger partial charge in [-0.2, -0.15) is 0 Å². The van der Waals surface area contributed by atoms with Crippen LogP contribution in [-0.2, 0) is 4.74 Å². The van der Waals surface area contributed by atoms with Gasteiger partial charge in [0.15, 0.2) is 0 Å². The number of hydrogen-bond acceptors (Lipinski definition) is 4. The van der Waals surface area contributed by atoms with E-state index in [0.717, 1.165) is 5.01 Å². The van der Waals surface area contributed by atoms with E-state index in [1.807, 2.05) is 0 Å². The van der Waals surface area contributed by atoms with Gasteiger partial charge in [-0.15, -0.1) is 11.3 Å².